The number of benzene rings is 3. The standard InChI is InChI=1S/C25H20F2N4O5/c1-14-7-15(2)9-20(8-14)35-21-11-17(10-18(12-21)31(33)34)28-24(32)23-13-22(29-30-23)16-3-5-19(6-4-16)36-25(26)27/h3-13,25H,1-2H3,(H,28,32)(H,29,30). The molecule has 0 fully saturated rings. The number of nitro groups is 1. The van der Waals surface area contributed by atoms with Gasteiger partial charge in [-0.3, -0.25) is 20.0 Å². The number of hydrogen-bond acceptors (Lipinski definition) is 6. The molecule has 4 rings (SSSR count). The van der Waals surface area contributed by atoms with E-state index in [0.29, 0.717) is 17.0 Å². The number of carbonyl (C=O) groups is 1. The molecular formula is C25H20F2N4O5. The van der Waals surface area contributed by atoms with Crippen molar-refractivity contribution in [3.63, 3.8) is 0 Å². The quantitative estimate of drug-likeness (QED) is 0.221. The summed E-state index contributed by atoms with van der Waals surface area (Å²) in [5, 5.41) is 20.7. The smallest absolute Gasteiger partial charge is 0.387 e. The van der Waals surface area contributed by atoms with Gasteiger partial charge in [-0.25, -0.2) is 0 Å². The van der Waals surface area contributed by atoms with E-state index < -0.39 is 17.4 Å². The summed E-state index contributed by atoms with van der Waals surface area (Å²) in [6.07, 6.45) is 0. The molecule has 0 saturated carbocycles. The zero-order valence-corrected chi connectivity index (χ0v) is 19.1. The maximum absolute atomic E-state index is 12.8. The van der Waals surface area contributed by atoms with Crippen LogP contribution in [-0.2, 0) is 0 Å². The van der Waals surface area contributed by atoms with Gasteiger partial charge in [0.2, 0.25) is 0 Å². The van der Waals surface area contributed by atoms with Gasteiger partial charge < -0.3 is 14.8 Å². The fourth-order valence-electron chi connectivity index (χ4n) is 3.54. The van der Waals surface area contributed by atoms with Crippen molar-refractivity contribution in [2.75, 3.05) is 5.32 Å². The predicted molar refractivity (Wildman–Crippen MR) is 128 cm³/mol. The second kappa shape index (κ2) is 10.2. The number of nitro benzene ring substituents is 1. The number of hydrogen-bond donors (Lipinski definition) is 2. The highest BCUT2D eigenvalue weighted by Gasteiger charge is 2.16. The van der Waals surface area contributed by atoms with Crippen LogP contribution in [0, 0.1) is 24.0 Å². The lowest BCUT2D eigenvalue weighted by Gasteiger charge is -2.10. The number of aromatic amines is 1. The number of nitrogens with zero attached hydrogens (tertiary/aromatic N) is 2. The molecule has 0 spiro atoms. The molecule has 1 heterocycles. The number of alkyl halides is 2. The van der Waals surface area contributed by atoms with Gasteiger partial charge in [0.25, 0.3) is 11.6 Å². The van der Waals surface area contributed by atoms with Crippen molar-refractivity contribution >= 4 is 17.3 Å². The van der Waals surface area contributed by atoms with Gasteiger partial charge >= 0.3 is 6.61 Å². The summed E-state index contributed by atoms with van der Waals surface area (Å²) in [7, 11) is 0. The van der Waals surface area contributed by atoms with Crippen molar-refractivity contribution in [2.45, 2.75) is 20.5 Å². The van der Waals surface area contributed by atoms with Crippen molar-refractivity contribution < 1.29 is 28.0 Å². The highest BCUT2D eigenvalue weighted by atomic mass is 19.3. The third kappa shape index (κ3) is 6.00. The van der Waals surface area contributed by atoms with Gasteiger partial charge in [0.1, 0.15) is 22.9 Å². The Morgan fingerprint density at radius 3 is 2.28 bits per heavy atom. The van der Waals surface area contributed by atoms with Crippen LogP contribution in [0.25, 0.3) is 11.3 Å². The number of aromatic nitrogens is 2. The number of halogens is 2. The summed E-state index contributed by atoms with van der Waals surface area (Å²) in [6, 6.07) is 16.7. The third-order valence-corrected chi connectivity index (χ3v) is 4.99. The summed E-state index contributed by atoms with van der Waals surface area (Å²) in [4.78, 5) is 23.6. The minimum Gasteiger partial charge on any atom is -0.457 e. The molecule has 3 aromatic carbocycles. The van der Waals surface area contributed by atoms with Crippen LogP contribution in [0.15, 0.2) is 66.7 Å². The Morgan fingerprint density at radius 2 is 1.64 bits per heavy atom. The summed E-state index contributed by atoms with van der Waals surface area (Å²) in [5.41, 5.74) is 2.86. The lowest BCUT2D eigenvalue weighted by molar-refractivity contribution is -0.384. The maximum Gasteiger partial charge on any atom is 0.387 e. The number of rotatable bonds is 8. The van der Waals surface area contributed by atoms with Gasteiger partial charge in [-0.15, -0.1) is 0 Å². The average Bonchev–Trinajstić information content (AvgIpc) is 3.29. The van der Waals surface area contributed by atoms with Crippen LogP contribution in [0.1, 0.15) is 21.6 Å². The third-order valence-electron chi connectivity index (χ3n) is 4.99. The summed E-state index contributed by atoms with van der Waals surface area (Å²) in [6.45, 7) is 0.879. The Kier molecular flexibility index (Phi) is 6.91. The highest BCUT2D eigenvalue weighted by Crippen LogP contribution is 2.31. The van der Waals surface area contributed by atoms with E-state index in [2.05, 4.69) is 20.3 Å². The second-order valence-corrected chi connectivity index (χ2v) is 7.92. The molecule has 0 aliphatic rings. The molecule has 0 aliphatic carbocycles. The van der Waals surface area contributed by atoms with Gasteiger partial charge in [-0.2, -0.15) is 13.9 Å². The van der Waals surface area contributed by atoms with Gasteiger partial charge in [-0.05, 0) is 67.4 Å². The molecule has 0 bridgehead atoms. The Morgan fingerprint density at radius 1 is 0.972 bits per heavy atom. The summed E-state index contributed by atoms with van der Waals surface area (Å²) >= 11 is 0. The molecule has 184 valence electrons. The fraction of sp³-hybridized carbons (Fsp3) is 0.120. The molecule has 1 amide bonds. The van der Waals surface area contributed by atoms with Crippen LogP contribution in [0.2, 0.25) is 0 Å². The number of H-pyrrole nitrogens is 1. The van der Waals surface area contributed by atoms with Crippen molar-refractivity contribution in [3.05, 3.63) is 93.7 Å². The first-order valence-corrected chi connectivity index (χ1v) is 10.6. The minimum atomic E-state index is -2.93. The molecule has 2 N–H and O–H groups in total. The van der Waals surface area contributed by atoms with Crippen molar-refractivity contribution in [3.8, 4) is 28.5 Å². The van der Waals surface area contributed by atoms with E-state index in [1.54, 1.807) is 12.1 Å². The maximum atomic E-state index is 12.8. The lowest BCUT2D eigenvalue weighted by Crippen LogP contribution is -2.12. The molecule has 0 aliphatic heterocycles. The van der Waals surface area contributed by atoms with Crippen molar-refractivity contribution in [1.29, 1.82) is 0 Å². The van der Waals surface area contributed by atoms with Crippen LogP contribution < -0.4 is 14.8 Å². The van der Waals surface area contributed by atoms with Gasteiger partial charge in [0, 0.05) is 17.7 Å². The molecular weight excluding hydrogens is 474 g/mol. The first-order valence-electron chi connectivity index (χ1n) is 10.6. The zero-order chi connectivity index (χ0) is 25.8. The number of anilines is 1. The van der Waals surface area contributed by atoms with Crippen LogP contribution >= 0.6 is 0 Å². The Hall–Kier alpha value is -4.80. The summed E-state index contributed by atoms with van der Waals surface area (Å²) in [5.74, 6) is 0.0883. The molecule has 11 heteroatoms. The molecule has 36 heavy (non-hydrogen) atoms. The SMILES string of the molecule is Cc1cc(C)cc(Oc2cc(NC(=O)c3cc(-c4ccc(OC(F)F)cc4)n[nH]3)cc([N+](=O)[O-])c2)c1. The van der Waals surface area contributed by atoms with E-state index in [0.717, 1.165) is 11.1 Å². The van der Waals surface area contributed by atoms with Crippen molar-refractivity contribution in [1.82, 2.24) is 10.2 Å². The fourth-order valence-corrected chi connectivity index (χ4v) is 3.54. The minimum absolute atomic E-state index is 0.00762. The van der Waals surface area contributed by atoms with Gasteiger partial charge in [0.15, 0.2) is 0 Å². The summed E-state index contributed by atoms with van der Waals surface area (Å²) < 4.78 is 34.8. The van der Waals surface area contributed by atoms with E-state index >= 15 is 0 Å². The average molecular weight is 494 g/mol. The first kappa shape index (κ1) is 24.3. The van der Waals surface area contributed by atoms with Crippen molar-refractivity contribution in [2.24, 2.45) is 0 Å². The van der Waals surface area contributed by atoms with E-state index in [1.807, 2.05) is 19.9 Å². The van der Waals surface area contributed by atoms with Gasteiger partial charge in [-0.1, -0.05) is 6.07 Å². The normalized spacial score (nSPS) is 10.8. The van der Waals surface area contributed by atoms with Crippen LogP contribution in [0.3, 0.4) is 0 Å². The number of carbonyl (C=O) groups excluding carboxylic acids is 1. The highest BCUT2D eigenvalue weighted by molar-refractivity contribution is 6.03. The Labute approximate surface area is 203 Å². The zero-order valence-electron chi connectivity index (χ0n) is 19.1. The molecule has 0 unspecified atom stereocenters. The number of amides is 1. The number of aryl methyl sites for hydroxylation is 2. The van der Waals surface area contributed by atoms with E-state index in [-0.39, 0.29) is 28.6 Å². The van der Waals surface area contributed by atoms with Crippen LogP contribution in [-0.4, -0.2) is 27.6 Å². The van der Waals surface area contributed by atoms with Crippen LogP contribution in [0.5, 0.6) is 17.2 Å². The second-order valence-electron chi connectivity index (χ2n) is 7.92. The molecule has 1 aromatic heterocycles. The molecule has 0 atom stereocenters. The van der Waals surface area contributed by atoms with Crippen LogP contribution in [0.4, 0.5) is 20.2 Å². The lowest BCUT2D eigenvalue weighted by atomic mass is 10.1. The van der Waals surface area contributed by atoms with Gasteiger partial charge in [0.05, 0.1) is 22.4 Å². The predicted octanol–water partition coefficient (Wildman–Crippen LogP) is 6.25. The molecule has 0 radical (unpaired) electrons. The van der Waals surface area contributed by atoms with E-state index in [4.69, 9.17) is 4.74 Å². The molecule has 4 aromatic rings. The number of ether oxygens (including phenoxy) is 2. The topological polar surface area (TPSA) is 119 Å². The number of nitrogens with one attached hydrogen (secondary N) is 2. The van der Waals surface area contributed by atoms with E-state index in [9.17, 15) is 23.7 Å². The number of non-ortho nitro benzene ring substituents is 1. The van der Waals surface area contributed by atoms with E-state index in [1.165, 1.54) is 48.5 Å². The Balaban J connectivity index is 1.53. The first-order chi connectivity index (χ1) is 17.2. The largest absolute Gasteiger partial charge is 0.457 e. The molecule has 0 saturated heterocycles. The molecule has 9 nitrogen and oxygen atoms in total. The monoisotopic (exact) mass is 494 g/mol. The Bertz CT molecular complexity index is 1400.